The molecule has 0 radical (unpaired) electrons. The van der Waals surface area contributed by atoms with E-state index in [1.54, 1.807) is 0 Å². The van der Waals surface area contributed by atoms with Gasteiger partial charge in [-0.15, -0.1) is 0 Å². The van der Waals surface area contributed by atoms with Gasteiger partial charge < -0.3 is 33.1 Å². The van der Waals surface area contributed by atoms with E-state index in [0.717, 1.165) is 25.9 Å². The van der Waals surface area contributed by atoms with Crippen molar-refractivity contribution in [2.45, 2.75) is 25.7 Å². The maximum atomic E-state index is 8.78. The van der Waals surface area contributed by atoms with E-state index in [2.05, 4.69) is 11.5 Å². The summed E-state index contributed by atoms with van der Waals surface area (Å²) in [6.07, 6.45) is 2.13. The maximum Gasteiger partial charge on any atom is 0.402 e. The molecule has 0 aromatic carbocycles. The van der Waals surface area contributed by atoms with Crippen LogP contribution in [0.2, 0.25) is 0 Å². The molecular weight excluding hydrogens is 216 g/mol. The van der Waals surface area contributed by atoms with Crippen LogP contribution in [0.15, 0.2) is 0 Å². The molecule has 8 heteroatoms. The fraction of sp³-hybridized carbons (Fsp3) is 0.750. The van der Waals surface area contributed by atoms with Gasteiger partial charge in [-0.2, -0.15) is 0 Å². The molecule has 98 valence electrons. The van der Waals surface area contributed by atoms with Crippen LogP contribution in [0.1, 0.15) is 25.7 Å². The van der Waals surface area contributed by atoms with E-state index >= 15 is 0 Å². The molecule has 0 aliphatic carbocycles. The molecule has 0 saturated carbocycles. The molecule has 16 heavy (non-hydrogen) atoms. The number of primary amides is 2. The number of carbonyl (C=O) groups is 2. The average Bonchev–Trinajstić information content (AvgIpc) is 2.11. The van der Waals surface area contributed by atoms with Crippen molar-refractivity contribution in [2.24, 2.45) is 22.9 Å². The summed E-state index contributed by atoms with van der Waals surface area (Å²) in [5.74, 6) is 0. The van der Waals surface area contributed by atoms with Gasteiger partial charge in [0, 0.05) is 0 Å². The Morgan fingerprint density at radius 2 is 0.938 bits per heavy atom. The number of rotatable bonds is 5. The molecule has 0 aromatic heterocycles. The van der Waals surface area contributed by atoms with Crippen molar-refractivity contribution in [3.63, 3.8) is 0 Å². The van der Waals surface area contributed by atoms with Crippen LogP contribution in [0.3, 0.4) is 0 Å². The lowest BCUT2D eigenvalue weighted by molar-refractivity contribution is 0.204. The van der Waals surface area contributed by atoms with Crippen molar-refractivity contribution in [2.75, 3.05) is 13.1 Å². The molecule has 0 unspecified atom stereocenters. The second kappa shape index (κ2) is 19.1. The van der Waals surface area contributed by atoms with Gasteiger partial charge in [0.1, 0.15) is 0 Å². The minimum atomic E-state index is -1.33. The molecule has 0 aliphatic heterocycles. The lowest BCUT2D eigenvalue weighted by Gasteiger charge is -1.94. The third-order valence-electron chi connectivity index (χ3n) is 1.16. The summed E-state index contributed by atoms with van der Waals surface area (Å²) in [7, 11) is 0. The van der Waals surface area contributed by atoms with Crippen molar-refractivity contribution < 1.29 is 19.8 Å². The smallest absolute Gasteiger partial charge is 0.402 e. The third kappa shape index (κ3) is 137. The molecule has 0 spiro atoms. The topological polar surface area (TPSA) is 179 Å². The molecule has 0 rings (SSSR count). The molecular formula is C8H22N4O4. The molecule has 0 aromatic rings. The predicted octanol–water partition coefficient (Wildman–Crippen LogP) is -0.290. The first-order chi connectivity index (χ1) is 7.38. The number of unbranched alkanes of at least 4 members (excludes halogenated alkanes) is 3. The van der Waals surface area contributed by atoms with Gasteiger partial charge in [-0.05, 0) is 25.9 Å². The minimum absolute atomic E-state index is 0.824. The monoisotopic (exact) mass is 238 g/mol. The second-order valence-electron chi connectivity index (χ2n) is 2.67. The number of amides is 2. The van der Waals surface area contributed by atoms with Crippen LogP contribution in [0.4, 0.5) is 9.59 Å². The Morgan fingerprint density at radius 1 is 0.750 bits per heavy atom. The van der Waals surface area contributed by atoms with Crippen LogP contribution in [0.25, 0.3) is 0 Å². The van der Waals surface area contributed by atoms with E-state index in [0.29, 0.717) is 0 Å². The highest BCUT2D eigenvalue weighted by Crippen LogP contribution is 1.95. The van der Waals surface area contributed by atoms with Gasteiger partial charge in [-0.1, -0.05) is 12.8 Å². The van der Waals surface area contributed by atoms with Crippen molar-refractivity contribution in [3.05, 3.63) is 0 Å². The second-order valence-corrected chi connectivity index (χ2v) is 2.67. The normalized spacial score (nSPS) is 7.88. The van der Waals surface area contributed by atoms with Crippen molar-refractivity contribution in [3.8, 4) is 0 Å². The highest BCUT2D eigenvalue weighted by Gasteiger charge is 1.83. The van der Waals surface area contributed by atoms with Crippen molar-refractivity contribution >= 4 is 12.2 Å². The summed E-state index contributed by atoms with van der Waals surface area (Å²) in [6.45, 7) is 1.65. The lowest BCUT2D eigenvalue weighted by atomic mass is 10.2. The summed E-state index contributed by atoms with van der Waals surface area (Å²) in [6, 6.07) is 0. The standard InChI is InChI=1S/C6H16N2.2CH3NO2/c7-5-3-1-2-4-6-8;2*2-1(3)4/h1-8H2;2*2H2,(H,3,4). The van der Waals surface area contributed by atoms with E-state index in [9.17, 15) is 0 Å². The molecule has 0 atom stereocenters. The van der Waals surface area contributed by atoms with Gasteiger partial charge in [0.05, 0.1) is 0 Å². The van der Waals surface area contributed by atoms with E-state index in [1.165, 1.54) is 12.8 Å². The maximum absolute atomic E-state index is 8.78. The average molecular weight is 238 g/mol. The van der Waals surface area contributed by atoms with E-state index in [1.807, 2.05) is 0 Å². The number of hydrogen-bond donors (Lipinski definition) is 6. The largest absolute Gasteiger partial charge is 0.465 e. The van der Waals surface area contributed by atoms with Crippen LogP contribution >= 0.6 is 0 Å². The fourth-order valence-corrected chi connectivity index (χ4v) is 0.642. The number of nitrogens with two attached hydrogens (primary N) is 4. The fourth-order valence-electron chi connectivity index (χ4n) is 0.642. The highest BCUT2D eigenvalue weighted by molar-refractivity contribution is 5.61. The summed E-state index contributed by atoms with van der Waals surface area (Å²) in [5.41, 5.74) is 18.6. The zero-order valence-electron chi connectivity index (χ0n) is 9.26. The van der Waals surface area contributed by atoms with Gasteiger partial charge in [0.25, 0.3) is 0 Å². The van der Waals surface area contributed by atoms with Gasteiger partial charge >= 0.3 is 12.2 Å². The van der Waals surface area contributed by atoms with Gasteiger partial charge in [-0.3, -0.25) is 0 Å². The molecule has 0 fully saturated rings. The van der Waals surface area contributed by atoms with Crippen LogP contribution < -0.4 is 22.9 Å². The zero-order valence-corrected chi connectivity index (χ0v) is 9.26. The zero-order chi connectivity index (χ0) is 13.4. The van der Waals surface area contributed by atoms with E-state index in [-0.39, 0.29) is 0 Å². The van der Waals surface area contributed by atoms with Gasteiger partial charge in [-0.25, -0.2) is 9.59 Å². The van der Waals surface area contributed by atoms with Crippen LogP contribution in [-0.2, 0) is 0 Å². The third-order valence-corrected chi connectivity index (χ3v) is 1.16. The summed E-state index contributed by atoms with van der Waals surface area (Å²) in [4.78, 5) is 17.6. The number of hydrogen-bond acceptors (Lipinski definition) is 4. The first-order valence-electron chi connectivity index (χ1n) is 4.75. The van der Waals surface area contributed by atoms with E-state index in [4.69, 9.17) is 31.3 Å². The molecule has 8 nitrogen and oxygen atoms in total. The molecule has 0 saturated heterocycles. The molecule has 2 amide bonds. The van der Waals surface area contributed by atoms with Gasteiger partial charge in [0.15, 0.2) is 0 Å². The predicted molar refractivity (Wildman–Crippen MR) is 61.0 cm³/mol. The highest BCUT2D eigenvalue weighted by atomic mass is 16.4. The number of carboxylic acid groups (broad SMARTS) is 2. The molecule has 0 heterocycles. The Labute approximate surface area is 94.6 Å². The first kappa shape index (κ1) is 19.9. The first-order valence-corrected chi connectivity index (χ1v) is 4.75. The Hall–Kier alpha value is -1.54. The van der Waals surface area contributed by atoms with E-state index < -0.39 is 12.2 Å². The Balaban J connectivity index is -0.000000179. The summed E-state index contributed by atoms with van der Waals surface area (Å²) in [5, 5.41) is 14.4. The Bertz CT molecular complexity index is 140. The summed E-state index contributed by atoms with van der Waals surface area (Å²) < 4.78 is 0. The van der Waals surface area contributed by atoms with Crippen LogP contribution in [-0.4, -0.2) is 35.5 Å². The quantitative estimate of drug-likeness (QED) is 0.358. The molecule has 10 N–H and O–H groups in total. The van der Waals surface area contributed by atoms with Crippen LogP contribution in [0.5, 0.6) is 0 Å². The van der Waals surface area contributed by atoms with Gasteiger partial charge in [0.2, 0.25) is 0 Å². The minimum Gasteiger partial charge on any atom is -0.465 e. The molecule has 0 aliphatic rings. The SMILES string of the molecule is NC(=O)O.NC(=O)O.NCCCCCCN. The Morgan fingerprint density at radius 3 is 1.06 bits per heavy atom. The van der Waals surface area contributed by atoms with Crippen molar-refractivity contribution in [1.82, 2.24) is 0 Å². The van der Waals surface area contributed by atoms with Crippen LogP contribution in [0, 0.1) is 0 Å². The molecule has 0 bridgehead atoms. The van der Waals surface area contributed by atoms with Crippen molar-refractivity contribution in [1.29, 1.82) is 0 Å². The summed E-state index contributed by atoms with van der Waals surface area (Å²) >= 11 is 0. The lowest BCUT2D eigenvalue weighted by Crippen LogP contribution is -2.03. The Kier molecular flexibility index (Phi) is 23.8.